The number of hydrogen-bond donors (Lipinski definition) is 2. The number of nitrogens with zero attached hydrogens (tertiary/aromatic N) is 3. The number of carbonyl (C=O) groups excluding carboxylic acids is 1. The van der Waals surface area contributed by atoms with E-state index in [0.29, 0.717) is 35.8 Å². The van der Waals surface area contributed by atoms with Gasteiger partial charge >= 0.3 is 11.7 Å². The van der Waals surface area contributed by atoms with Crippen LogP contribution in [0.25, 0.3) is 5.69 Å². The Bertz CT molecular complexity index is 1310. The van der Waals surface area contributed by atoms with E-state index in [0.717, 1.165) is 23.9 Å². The molecular formula is C25H28N4O6. The maximum atomic E-state index is 12.4. The molecule has 0 aliphatic rings. The molecule has 0 spiro atoms. The van der Waals surface area contributed by atoms with E-state index in [-0.39, 0.29) is 5.56 Å². The largest absolute Gasteiger partial charge is 0.497 e. The number of likely N-dealkylation sites (N-methyl/N-ethyl adjacent to an activating group) is 1. The molecule has 2 aromatic carbocycles. The first kappa shape index (κ1) is 25.4. The number of aliphatic imine (C=N–C) groups is 1. The predicted octanol–water partition coefficient (Wildman–Crippen LogP) is 2.49. The molecule has 0 bridgehead atoms. The van der Waals surface area contributed by atoms with Crippen LogP contribution in [0.1, 0.15) is 29.8 Å². The summed E-state index contributed by atoms with van der Waals surface area (Å²) in [5.74, 6) is -0.529. The first-order valence-corrected chi connectivity index (χ1v) is 11.1. The predicted molar refractivity (Wildman–Crippen MR) is 133 cm³/mol. The van der Waals surface area contributed by atoms with Gasteiger partial charge in [0, 0.05) is 18.8 Å². The standard InChI is InChI=1S/C25H28N4O6/c1-4-28(5-2)13-14-35-24(32)17-9-11-18(12-10-17)26-16-21-22(30)27-25(33)29(23(21)31)19-7-6-8-20(15-19)34-3/h6-12,15-16,31H,4-5,13-14H2,1-3H3,(H,27,30,33). The van der Waals surface area contributed by atoms with Crippen molar-refractivity contribution in [3.05, 3.63) is 80.5 Å². The molecular weight excluding hydrogens is 452 g/mol. The summed E-state index contributed by atoms with van der Waals surface area (Å²) in [7, 11) is 1.48. The van der Waals surface area contributed by atoms with Gasteiger partial charge < -0.3 is 19.5 Å². The SMILES string of the molecule is CCN(CC)CCOC(=O)c1ccc(N=Cc2c(O)n(-c3cccc(OC)c3)c(=O)[nH]c2=O)cc1. The topological polar surface area (TPSA) is 126 Å². The van der Waals surface area contributed by atoms with Crippen LogP contribution in [-0.2, 0) is 4.74 Å². The van der Waals surface area contributed by atoms with Crippen molar-refractivity contribution in [2.45, 2.75) is 13.8 Å². The number of ether oxygens (including phenoxy) is 2. The minimum absolute atomic E-state index is 0.202. The Hall–Kier alpha value is -4.18. The van der Waals surface area contributed by atoms with Gasteiger partial charge in [-0.05, 0) is 49.5 Å². The second-order valence-corrected chi connectivity index (χ2v) is 7.50. The van der Waals surface area contributed by atoms with Crippen LogP contribution in [0.2, 0.25) is 0 Å². The second-order valence-electron chi connectivity index (χ2n) is 7.50. The van der Waals surface area contributed by atoms with Crippen LogP contribution in [0.15, 0.2) is 63.1 Å². The van der Waals surface area contributed by atoms with Gasteiger partial charge in [-0.15, -0.1) is 0 Å². The van der Waals surface area contributed by atoms with E-state index in [4.69, 9.17) is 9.47 Å². The highest BCUT2D eigenvalue weighted by Gasteiger charge is 2.15. The van der Waals surface area contributed by atoms with Crippen LogP contribution >= 0.6 is 0 Å². The first-order valence-electron chi connectivity index (χ1n) is 11.1. The van der Waals surface area contributed by atoms with Gasteiger partial charge in [-0.2, -0.15) is 0 Å². The van der Waals surface area contributed by atoms with Crippen molar-refractivity contribution < 1.29 is 19.4 Å². The first-order chi connectivity index (χ1) is 16.9. The lowest BCUT2D eigenvalue weighted by Gasteiger charge is -2.17. The molecule has 10 nitrogen and oxygen atoms in total. The van der Waals surface area contributed by atoms with E-state index in [1.807, 2.05) is 13.8 Å². The molecule has 1 aromatic heterocycles. The van der Waals surface area contributed by atoms with Crippen LogP contribution < -0.4 is 16.0 Å². The van der Waals surface area contributed by atoms with Crippen LogP contribution in [0.3, 0.4) is 0 Å². The third kappa shape index (κ3) is 6.24. The molecule has 3 aromatic rings. The summed E-state index contributed by atoms with van der Waals surface area (Å²) in [4.78, 5) is 45.4. The van der Waals surface area contributed by atoms with E-state index in [2.05, 4.69) is 14.9 Å². The zero-order valence-electron chi connectivity index (χ0n) is 19.9. The lowest BCUT2D eigenvalue weighted by molar-refractivity contribution is 0.0466. The van der Waals surface area contributed by atoms with Gasteiger partial charge in [-0.3, -0.25) is 14.8 Å². The molecule has 0 atom stereocenters. The summed E-state index contributed by atoms with van der Waals surface area (Å²) in [5, 5.41) is 10.7. The molecule has 10 heteroatoms. The van der Waals surface area contributed by atoms with Gasteiger partial charge in [0.2, 0.25) is 5.88 Å². The van der Waals surface area contributed by atoms with E-state index in [1.165, 1.54) is 7.11 Å². The highest BCUT2D eigenvalue weighted by Crippen LogP contribution is 2.20. The third-order valence-corrected chi connectivity index (χ3v) is 5.41. The van der Waals surface area contributed by atoms with Crippen molar-refractivity contribution in [2.24, 2.45) is 4.99 Å². The number of carbonyl (C=O) groups is 1. The average Bonchev–Trinajstić information content (AvgIpc) is 2.86. The monoisotopic (exact) mass is 480 g/mol. The molecule has 0 aliphatic heterocycles. The number of hydrogen-bond acceptors (Lipinski definition) is 8. The second kappa shape index (κ2) is 11.8. The molecule has 0 amide bonds. The number of aromatic hydroxyl groups is 1. The molecule has 0 saturated heterocycles. The van der Waals surface area contributed by atoms with E-state index in [9.17, 15) is 19.5 Å². The summed E-state index contributed by atoms with van der Waals surface area (Å²) in [5.41, 5.74) is -0.683. The van der Waals surface area contributed by atoms with Gasteiger partial charge in [0.1, 0.15) is 17.9 Å². The molecule has 0 unspecified atom stereocenters. The Balaban J connectivity index is 1.78. The zero-order valence-corrected chi connectivity index (χ0v) is 19.9. The Morgan fingerprint density at radius 2 is 1.86 bits per heavy atom. The number of aromatic amines is 1. The minimum atomic E-state index is -0.804. The maximum Gasteiger partial charge on any atom is 0.338 e. The number of nitrogens with one attached hydrogen (secondary N) is 1. The summed E-state index contributed by atoms with van der Waals surface area (Å²) in [6, 6.07) is 12.8. The minimum Gasteiger partial charge on any atom is -0.497 e. The van der Waals surface area contributed by atoms with Crippen molar-refractivity contribution in [1.82, 2.24) is 14.5 Å². The van der Waals surface area contributed by atoms with Crippen LogP contribution in [0.4, 0.5) is 5.69 Å². The number of methoxy groups -OCH3 is 1. The highest BCUT2D eigenvalue weighted by molar-refractivity contribution is 5.90. The molecule has 3 rings (SSSR count). The van der Waals surface area contributed by atoms with Gasteiger partial charge in [0.25, 0.3) is 5.56 Å². The van der Waals surface area contributed by atoms with E-state index in [1.54, 1.807) is 48.5 Å². The average molecular weight is 481 g/mol. The Kier molecular flexibility index (Phi) is 8.58. The summed E-state index contributed by atoms with van der Waals surface area (Å²) in [6.45, 7) is 6.83. The van der Waals surface area contributed by atoms with Crippen LogP contribution in [0.5, 0.6) is 11.6 Å². The van der Waals surface area contributed by atoms with E-state index >= 15 is 0 Å². The van der Waals surface area contributed by atoms with Gasteiger partial charge in [0.05, 0.1) is 24.0 Å². The summed E-state index contributed by atoms with van der Waals surface area (Å²) in [6.07, 6.45) is 1.15. The lowest BCUT2D eigenvalue weighted by atomic mass is 10.2. The van der Waals surface area contributed by atoms with E-state index < -0.39 is 23.1 Å². The molecule has 0 fully saturated rings. The molecule has 0 radical (unpaired) electrons. The fourth-order valence-corrected chi connectivity index (χ4v) is 3.36. The number of aromatic nitrogens is 2. The fourth-order valence-electron chi connectivity index (χ4n) is 3.36. The molecule has 35 heavy (non-hydrogen) atoms. The molecule has 184 valence electrons. The Morgan fingerprint density at radius 1 is 1.14 bits per heavy atom. The van der Waals surface area contributed by atoms with Crippen molar-refractivity contribution in [3.63, 3.8) is 0 Å². The number of benzene rings is 2. The van der Waals surface area contributed by atoms with Crippen molar-refractivity contribution in [1.29, 1.82) is 0 Å². The Morgan fingerprint density at radius 3 is 2.51 bits per heavy atom. The van der Waals surface area contributed by atoms with Crippen molar-refractivity contribution in [3.8, 4) is 17.3 Å². The summed E-state index contributed by atoms with van der Waals surface area (Å²) >= 11 is 0. The quantitative estimate of drug-likeness (QED) is 0.337. The van der Waals surface area contributed by atoms with Crippen molar-refractivity contribution >= 4 is 17.9 Å². The molecule has 0 saturated carbocycles. The lowest BCUT2D eigenvalue weighted by Crippen LogP contribution is -2.31. The molecule has 0 aliphatic carbocycles. The number of esters is 1. The van der Waals surface area contributed by atoms with Gasteiger partial charge in [0.15, 0.2) is 0 Å². The van der Waals surface area contributed by atoms with Gasteiger partial charge in [-0.1, -0.05) is 19.9 Å². The number of rotatable bonds is 10. The zero-order chi connectivity index (χ0) is 25.4. The highest BCUT2D eigenvalue weighted by atomic mass is 16.5. The number of H-pyrrole nitrogens is 1. The normalized spacial score (nSPS) is 11.2. The molecule has 1 heterocycles. The fraction of sp³-hybridized carbons (Fsp3) is 0.280. The van der Waals surface area contributed by atoms with Crippen LogP contribution in [-0.4, -0.2) is 65.1 Å². The molecule has 2 N–H and O–H groups in total. The smallest absolute Gasteiger partial charge is 0.338 e. The van der Waals surface area contributed by atoms with Crippen LogP contribution in [0, 0.1) is 0 Å². The van der Waals surface area contributed by atoms with Crippen molar-refractivity contribution in [2.75, 3.05) is 33.4 Å². The van der Waals surface area contributed by atoms with Gasteiger partial charge in [-0.25, -0.2) is 14.2 Å². The third-order valence-electron chi connectivity index (χ3n) is 5.41. The summed E-state index contributed by atoms with van der Waals surface area (Å²) < 4.78 is 11.4. The Labute approximate surface area is 202 Å². The maximum absolute atomic E-state index is 12.4.